The van der Waals surface area contributed by atoms with Crippen LogP contribution in [0, 0.1) is 5.82 Å². The van der Waals surface area contributed by atoms with E-state index in [1.54, 1.807) is 12.1 Å². The van der Waals surface area contributed by atoms with Gasteiger partial charge in [-0.15, -0.1) is 0 Å². The lowest BCUT2D eigenvalue weighted by Gasteiger charge is -2.40. The smallest absolute Gasteiger partial charge is 0.123 e. The molecule has 0 amide bonds. The van der Waals surface area contributed by atoms with Crippen LogP contribution in [0.3, 0.4) is 0 Å². The number of halogens is 1. The predicted molar refractivity (Wildman–Crippen MR) is 76.5 cm³/mol. The molecule has 1 heterocycles. The summed E-state index contributed by atoms with van der Waals surface area (Å²) < 4.78 is 12.9. The summed E-state index contributed by atoms with van der Waals surface area (Å²) in [5.74, 6) is -0.207. The number of hydrogen-bond acceptors (Lipinski definition) is 3. The Bertz CT molecular complexity index is 393. The van der Waals surface area contributed by atoms with Crippen LogP contribution >= 0.6 is 0 Å². The summed E-state index contributed by atoms with van der Waals surface area (Å²) in [7, 11) is 0. The van der Waals surface area contributed by atoms with E-state index in [-0.39, 0.29) is 11.9 Å². The average molecular weight is 265 g/mol. The number of benzene rings is 1. The van der Waals surface area contributed by atoms with Crippen molar-refractivity contribution < 1.29 is 4.39 Å². The molecule has 0 spiro atoms. The molecular formula is C15H24FN3. The molecule has 2 unspecified atom stereocenters. The molecule has 0 bridgehead atoms. The number of rotatable bonds is 4. The quantitative estimate of drug-likeness (QED) is 0.902. The van der Waals surface area contributed by atoms with Gasteiger partial charge in [-0.1, -0.05) is 19.1 Å². The van der Waals surface area contributed by atoms with Gasteiger partial charge in [-0.25, -0.2) is 4.39 Å². The van der Waals surface area contributed by atoms with Crippen molar-refractivity contribution in [3.05, 3.63) is 35.6 Å². The fourth-order valence-electron chi connectivity index (χ4n) is 2.80. The van der Waals surface area contributed by atoms with Gasteiger partial charge in [0.25, 0.3) is 0 Å². The van der Waals surface area contributed by atoms with Crippen molar-refractivity contribution in [2.24, 2.45) is 5.73 Å². The van der Waals surface area contributed by atoms with E-state index in [9.17, 15) is 4.39 Å². The second-order valence-corrected chi connectivity index (χ2v) is 5.40. The maximum Gasteiger partial charge on any atom is 0.123 e. The molecule has 3 nitrogen and oxygen atoms in total. The Morgan fingerprint density at radius 1 is 1.32 bits per heavy atom. The van der Waals surface area contributed by atoms with Gasteiger partial charge in [-0.3, -0.25) is 9.80 Å². The monoisotopic (exact) mass is 265 g/mol. The zero-order chi connectivity index (χ0) is 13.8. The van der Waals surface area contributed by atoms with Crippen LogP contribution in [0.15, 0.2) is 24.3 Å². The average Bonchev–Trinajstić information content (AvgIpc) is 2.39. The molecule has 1 saturated heterocycles. The van der Waals surface area contributed by atoms with Crippen molar-refractivity contribution in [3.8, 4) is 0 Å². The van der Waals surface area contributed by atoms with E-state index in [0.717, 1.165) is 38.3 Å². The van der Waals surface area contributed by atoms with Crippen LogP contribution in [0.2, 0.25) is 0 Å². The third-order valence-corrected chi connectivity index (χ3v) is 4.01. The zero-order valence-corrected chi connectivity index (χ0v) is 11.8. The van der Waals surface area contributed by atoms with E-state index in [1.807, 2.05) is 0 Å². The van der Waals surface area contributed by atoms with Gasteiger partial charge < -0.3 is 5.73 Å². The van der Waals surface area contributed by atoms with Crippen LogP contribution in [0.25, 0.3) is 0 Å². The number of nitrogens with zero attached hydrogens (tertiary/aromatic N) is 2. The van der Waals surface area contributed by atoms with Crippen LogP contribution < -0.4 is 5.73 Å². The van der Waals surface area contributed by atoms with Crippen molar-refractivity contribution in [2.75, 3.05) is 32.7 Å². The highest BCUT2D eigenvalue weighted by Crippen LogP contribution is 2.15. The summed E-state index contributed by atoms with van der Waals surface area (Å²) in [6.07, 6.45) is 0. The van der Waals surface area contributed by atoms with Crippen LogP contribution in [0.4, 0.5) is 4.39 Å². The third kappa shape index (κ3) is 3.75. The molecule has 1 aromatic rings. The van der Waals surface area contributed by atoms with E-state index in [4.69, 9.17) is 5.73 Å². The largest absolute Gasteiger partial charge is 0.323 e. The Labute approximate surface area is 115 Å². The van der Waals surface area contributed by atoms with Crippen molar-refractivity contribution in [3.63, 3.8) is 0 Å². The van der Waals surface area contributed by atoms with Gasteiger partial charge in [0.15, 0.2) is 0 Å². The summed E-state index contributed by atoms with van der Waals surface area (Å²) >= 11 is 0. The minimum atomic E-state index is -0.207. The number of nitrogens with two attached hydrogens (primary N) is 1. The van der Waals surface area contributed by atoms with Crippen LogP contribution in [0.5, 0.6) is 0 Å². The van der Waals surface area contributed by atoms with Gasteiger partial charge in [0, 0.05) is 38.3 Å². The standard InChI is InChI=1S/C15H24FN3/c1-3-19-9-8-18(10-12(19)2)11-15(17)13-4-6-14(16)7-5-13/h4-7,12,15H,3,8-11,17H2,1-2H3. The first-order chi connectivity index (χ1) is 9.10. The van der Waals surface area contributed by atoms with Crippen molar-refractivity contribution in [1.82, 2.24) is 9.80 Å². The predicted octanol–water partition coefficient (Wildman–Crippen LogP) is 1.85. The highest BCUT2D eigenvalue weighted by atomic mass is 19.1. The molecule has 4 heteroatoms. The van der Waals surface area contributed by atoms with Crippen molar-refractivity contribution >= 4 is 0 Å². The fraction of sp³-hybridized carbons (Fsp3) is 0.600. The second kappa shape index (κ2) is 6.46. The molecule has 0 aliphatic carbocycles. The number of piperazine rings is 1. The Balaban J connectivity index is 1.89. The Hall–Kier alpha value is -0.970. The van der Waals surface area contributed by atoms with Gasteiger partial charge in [-0.2, -0.15) is 0 Å². The summed E-state index contributed by atoms with van der Waals surface area (Å²) in [6, 6.07) is 7.07. The van der Waals surface area contributed by atoms with Gasteiger partial charge in [-0.05, 0) is 31.2 Å². The van der Waals surface area contributed by atoms with Crippen molar-refractivity contribution in [1.29, 1.82) is 0 Å². The molecule has 1 aromatic carbocycles. The fourth-order valence-corrected chi connectivity index (χ4v) is 2.80. The minimum absolute atomic E-state index is 0.0408. The zero-order valence-electron chi connectivity index (χ0n) is 11.8. The molecule has 1 fully saturated rings. The van der Waals surface area contributed by atoms with Crippen LogP contribution in [-0.2, 0) is 0 Å². The molecule has 0 aromatic heterocycles. The Morgan fingerprint density at radius 2 is 2.00 bits per heavy atom. The molecule has 106 valence electrons. The maximum atomic E-state index is 12.9. The second-order valence-electron chi connectivity index (χ2n) is 5.40. The third-order valence-electron chi connectivity index (χ3n) is 4.01. The molecule has 19 heavy (non-hydrogen) atoms. The molecule has 2 N–H and O–H groups in total. The first-order valence-electron chi connectivity index (χ1n) is 7.07. The summed E-state index contributed by atoms with van der Waals surface area (Å²) in [6.45, 7) is 9.64. The van der Waals surface area contributed by atoms with Gasteiger partial charge in [0.1, 0.15) is 5.82 Å². The SMILES string of the molecule is CCN1CCN(CC(N)c2ccc(F)cc2)CC1C. The first kappa shape index (κ1) is 14.4. The highest BCUT2D eigenvalue weighted by Gasteiger charge is 2.23. The van der Waals surface area contributed by atoms with E-state index >= 15 is 0 Å². The van der Waals surface area contributed by atoms with Crippen LogP contribution in [0.1, 0.15) is 25.5 Å². The Morgan fingerprint density at radius 3 is 2.58 bits per heavy atom. The molecule has 1 aliphatic heterocycles. The van der Waals surface area contributed by atoms with E-state index < -0.39 is 0 Å². The summed E-state index contributed by atoms with van der Waals surface area (Å²) in [4.78, 5) is 4.89. The van der Waals surface area contributed by atoms with Crippen molar-refractivity contribution in [2.45, 2.75) is 25.9 Å². The lowest BCUT2D eigenvalue weighted by Crippen LogP contribution is -2.52. The molecule has 2 rings (SSSR count). The topological polar surface area (TPSA) is 32.5 Å². The highest BCUT2D eigenvalue weighted by molar-refractivity contribution is 5.19. The van der Waals surface area contributed by atoms with Crippen LogP contribution in [-0.4, -0.2) is 48.6 Å². The number of hydrogen-bond donors (Lipinski definition) is 1. The summed E-state index contributed by atoms with van der Waals surface area (Å²) in [5.41, 5.74) is 7.22. The molecular weight excluding hydrogens is 241 g/mol. The molecule has 0 saturated carbocycles. The minimum Gasteiger partial charge on any atom is -0.323 e. The van der Waals surface area contributed by atoms with E-state index in [2.05, 4.69) is 23.6 Å². The van der Waals surface area contributed by atoms with Gasteiger partial charge in [0.05, 0.1) is 0 Å². The molecule has 1 aliphatic rings. The van der Waals surface area contributed by atoms with E-state index in [1.165, 1.54) is 12.1 Å². The molecule has 0 radical (unpaired) electrons. The normalized spacial score (nSPS) is 23.5. The molecule has 2 atom stereocenters. The van der Waals surface area contributed by atoms with E-state index in [0.29, 0.717) is 6.04 Å². The lowest BCUT2D eigenvalue weighted by molar-refractivity contribution is 0.0841. The Kier molecular flexibility index (Phi) is 4.91. The maximum absolute atomic E-state index is 12.9. The first-order valence-corrected chi connectivity index (χ1v) is 7.07. The lowest BCUT2D eigenvalue weighted by atomic mass is 10.1. The van der Waals surface area contributed by atoms with Gasteiger partial charge in [0.2, 0.25) is 0 Å². The van der Waals surface area contributed by atoms with Gasteiger partial charge >= 0.3 is 0 Å². The number of likely N-dealkylation sites (N-methyl/N-ethyl adjacent to an activating group) is 1. The summed E-state index contributed by atoms with van der Waals surface area (Å²) in [5, 5.41) is 0.